The van der Waals surface area contributed by atoms with Crippen molar-refractivity contribution in [1.29, 1.82) is 0 Å². The van der Waals surface area contributed by atoms with Crippen LogP contribution in [0.5, 0.6) is 0 Å². The smallest absolute Gasteiger partial charge is 0.0494 e. The van der Waals surface area contributed by atoms with Crippen molar-refractivity contribution in [2.45, 2.75) is 38.0 Å². The van der Waals surface area contributed by atoms with E-state index in [1.165, 1.54) is 44.9 Å². The number of allylic oxidation sites excluding steroid dienone is 4. The third-order valence-electron chi connectivity index (χ3n) is 9.14. The molecule has 3 aliphatic carbocycles. The van der Waals surface area contributed by atoms with E-state index in [1.54, 1.807) is 0 Å². The summed E-state index contributed by atoms with van der Waals surface area (Å²) in [5.41, 5.74) is 14.2. The molecule has 4 aromatic carbocycles. The fourth-order valence-electron chi connectivity index (χ4n) is 6.92. The number of aromatic nitrogens is 1. The number of rotatable bonds is 6. The van der Waals surface area contributed by atoms with Gasteiger partial charge in [0, 0.05) is 46.5 Å². The number of fused-ring (bicyclic) bond motifs is 3. The van der Waals surface area contributed by atoms with Gasteiger partial charge in [0.2, 0.25) is 0 Å². The molecule has 8 rings (SSSR count). The SMILES string of the molecule is C1#CCC(c2ccc(N(c3ccccc3)c3ccc(-c4ccc(-n5c6c(c7c5CCC=C7)CCC=C6)cc4)cc3)cc2)C=C1. The van der Waals surface area contributed by atoms with Crippen LogP contribution in [0.4, 0.5) is 17.1 Å². The summed E-state index contributed by atoms with van der Waals surface area (Å²) in [6.07, 6.45) is 18.9. The number of benzene rings is 4. The highest BCUT2D eigenvalue weighted by Gasteiger charge is 2.23. The monoisotopic (exact) mass is 566 g/mol. The van der Waals surface area contributed by atoms with Crippen molar-refractivity contribution in [3.8, 4) is 28.7 Å². The normalized spacial score (nSPS) is 16.1. The lowest BCUT2D eigenvalue weighted by Crippen LogP contribution is -2.10. The molecule has 0 amide bonds. The molecular formula is C42H34N2. The number of nitrogens with zero attached hydrogens (tertiary/aromatic N) is 2. The van der Waals surface area contributed by atoms with Gasteiger partial charge in [0.25, 0.3) is 0 Å². The van der Waals surface area contributed by atoms with Crippen LogP contribution in [-0.2, 0) is 12.8 Å². The zero-order chi connectivity index (χ0) is 29.3. The Morgan fingerprint density at radius 3 is 2.05 bits per heavy atom. The molecule has 1 aromatic heterocycles. The lowest BCUT2D eigenvalue weighted by molar-refractivity contribution is 0.868. The fraction of sp³-hybridized carbons (Fsp3) is 0.143. The Hall–Kier alpha value is -5.26. The zero-order valence-electron chi connectivity index (χ0n) is 24.8. The summed E-state index contributed by atoms with van der Waals surface area (Å²) in [7, 11) is 0. The van der Waals surface area contributed by atoms with Gasteiger partial charge in [0.05, 0.1) is 0 Å². The zero-order valence-corrected chi connectivity index (χ0v) is 24.8. The van der Waals surface area contributed by atoms with Crippen LogP contribution in [-0.4, -0.2) is 4.57 Å². The minimum absolute atomic E-state index is 0.364. The molecule has 3 aliphatic rings. The molecule has 0 aliphatic heterocycles. The van der Waals surface area contributed by atoms with Gasteiger partial charge in [-0.05, 0) is 114 Å². The van der Waals surface area contributed by atoms with Crippen LogP contribution in [0.3, 0.4) is 0 Å². The summed E-state index contributed by atoms with van der Waals surface area (Å²) < 4.78 is 2.50. The maximum absolute atomic E-state index is 3.22. The van der Waals surface area contributed by atoms with Crippen molar-refractivity contribution in [3.05, 3.63) is 156 Å². The predicted molar refractivity (Wildman–Crippen MR) is 185 cm³/mol. The molecule has 0 radical (unpaired) electrons. The van der Waals surface area contributed by atoms with E-state index in [4.69, 9.17) is 0 Å². The molecule has 0 spiro atoms. The predicted octanol–water partition coefficient (Wildman–Crippen LogP) is 10.6. The third kappa shape index (κ3) is 4.81. The van der Waals surface area contributed by atoms with E-state index in [0.717, 1.165) is 49.2 Å². The summed E-state index contributed by atoms with van der Waals surface area (Å²) >= 11 is 0. The first kappa shape index (κ1) is 26.4. The molecule has 5 aromatic rings. The molecule has 1 heterocycles. The molecule has 0 saturated carbocycles. The molecule has 0 saturated heterocycles. The van der Waals surface area contributed by atoms with Gasteiger partial charge in [-0.2, -0.15) is 0 Å². The van der Waals surface area contributed by atoms with Gasteiger partial charge in [-0.25, -0.2) is 0 Å². The average molecular weight is 567 g/mol. The Kier molecular flexibility index (Phi) is 6.86. The van der Waals surface area contributed by atoms with Crippen LogP contribution < -0.4 is 4.90 Å². The van der Waals surface area contributed by atoms with Crippen LogP contribution in [0.15, 0.2) is 127 Å². The van der Waals surface area contributed by atoms with Gasteiger partial charge in [0.1, 0.15) is 0 Å². The molecule has 1 atom stereocenters. The molecular weight excluding hydrogens is 532 g/mol. The lowest BCUT2D eigenvalue weighted by Gasteiger charge is -2.26. The highest BCUT2D eigenvalue weighted by Crippen LogP contribution is 2.38. The van der Waals surface area contributed by atoms with E-state index in [9.17, 15) is 0 Å². The van der Waals surface area contributed by atoms with E-state index in [-0.39, 0.29) is 0 Å². The van der Waals surface area contributed by atoms with Gasteiger partial charge >= 0.3 is 0 Å². The van der Waals surface area contributed by atoms with Crippen molar-refractivity contribution >= 4 is 29.2 Å². The molecule has 44 heavy (non-hydrogen) atoms. The van der Waals surface area contributed by atoms with Gasteiger partial charge in [0.15, 0.2) is 0 Å². The fourth-order valence-corrected chi connectivity index (χ4v) is 6.92. The van der Waals surface area contributed by atoms with Crippen molar-refractivity contribution in [2.24, 2.45) is 0 Å². The second kappa shape index (κ2) is 11.4. The minimum atomic E-state index is 0.364. The van der Waals surface area contributed by atoms with Gasteiger partial charge in [-0.1, -0.05) is 90.7 Å². The number of hydrogen-bond acceptors (Lipinski definition) is 1. The molecule has 212 valence electrons. The molecule has 0 N–H and O–H groups in total. The number of anilines is 3. The van der Waals surface area contributed by atoms with E-state index in [1.807, 2.05) is 6.08 Å². The van der Waals surface area contributed by atoms with Crippen LogP contribution in [0.1, 0.15) is 53.3 Å². The maximum Gasteiger partial charge on any atom is 0.0494 e. The number of para-hydroxylation sites is 1. The van der Waals surface area contributed by atoms with E-state index < -0.39 is 0 Å². The Morgan fingerprint density at radius 1 is 0.659 bits per heavy atom. The first-order valence-electron chi connectivity index (χ1n) is 15.7. The van der Waals surface area contributed by atoms with Gasteiger partial charge < -0.3 is 9.47 Å². The summed E-state index contributed by atoms with van der Waals surface area (Å²) in [5, 5.41) is 0. The van der Waals surface area contributed by atoms with Crippen LogP contribution >= 0.6 is 0 Å². The standard InChI is InChI=1S/C42H34N2/c1-3-11-31(12-4-1)32-19-25-36(26-20-32)43(35-13-5-2-6-14-35)37-27-21-33(22-28-37)34-23-29-38(30-24-34)44-41-17-9-7-15-39(41)40-16-8-10-18-42(40)44/h2-3,5-7,10-11,13-15,18-31H,8-9,12,16-17H2. The second-order valence-corrected chi connectivity index (χ2v) is 11.8. The second-order valence-electron chi connectivity index (χ2n) is 11.8. The summed E-state index contributed by atoms with van der Waals surface area (Å²) in [6.45, 7) is 0. The molecule has 2 nitrogen and oxygen atoms in total. The largest absolute Gasteiger partial charge is 0.313 e. The minimum Gasteiger partial charge on any atom is -0.313 e. The first-order chi connectivity index (χ1) is 21.8. The highest BCUT2D eigenvalue weighted by atomic mass is 15.1. The molecule has 0 fully saturated rings. The number of hydrogen-bond donors (Lipinski definition) is 0. The van der Waals surface area contributed by atoms with Crippen molar-refractivity contribution in [3.63, 3.8) is 0 Å². The topological polar surface area (TPSA) is 8.17 Å². The molecule has 0 bridgehead atoms. The summed E-state index contributed by atoms with van der Waals surface area (Å²) in [6, 6.07) is 37.6. The van der Waals surface area contributed by atoms with Gasteiger partial charge in [-0.15, -0.1) is 0 Å². The van der Waals surface area contributed by atoms with Crippen molar-refractivity contribution < 1.29 is 0 Å². The van der Waals surface area contributed by atoms with Crippen molar-refractivity contribution in [1.82, 2.24) is 4.57 Å². The molecule has 2 heteroatoms. The van der Waals surface area contributed by atoms with Crippen LogP contribution in [0, 0.1) is 11.8 Å². The Morgan fingerprint density at radius 2 is 1.32 bits per heavy atom. The summed E-state index contributed by atoms with van der Waals surface area (Å²) in [5.74, 6) is 6.65. The Labute approximate surface area is 260 Å². The molecule has 1 unspecified atom stereocenters. The van der Waals surface area contributed by atoms with Crippen LogP contribution in [0.2, 0.25) is 0 Å². The van der Waals surface area contributed by atoms with E-state index in [0.29, 0.717) is 5.92 Å². The van der Waals surface area contributed by atoms with Crippen molar-refractivity contribution in [2.75, 3.05) is 4.90 Å². The van der Waals surface area contributed by atoms with E-state index >= 15 is 0 Å². The Bertz CT molecular complexity index is 1960. The van der Waals surface area contributed by atoms with Gasteiger partial charge in [-0.3, -0.25) is 0 Å². The van der Waals surface area contributed by atoms with Crippen LogP contribution in [0.25, 0.3) is 29.0 Å². The first-order valence-corrected chi connectivity index (χ1v) is 15.7. The lowest BCUT2D eigenvalue weighted by atomic mass is 9.93. The Balaban J connectivity index is 1.09. The summed E-state index contributed by atoms with van der Waals surface area (Å²) in [4.78, 5) is 2.33. The highest BCUT2D eigenvalue weighted by molar-refractivity contribution is 5.79. The van der Waals surface area contributed by atoms with E-state index in [2.05, 4.69) is 155 Å². The average Bonchev–Trinajstić information content (AvgIpc) is 3.44. The quantitative estimate of drug-likeness (QED) is 0.186. The maximum atomic E-state index is 3.22. The third-order valence-corrected chi connectivity index (χ3v) is 9.14.